The monoisotopic (exact) mass is 363 g/mol. The van der Waals surface area contributed by atoms with E-state index in [1.165, 1.54) is 0 Å². The molecule has 138 valence electrons. The Kier molecular flexibility index (Phi) is 6.05. The smallest absolute Gasteiger partial charge is 0.318 e. The van der Waals surface area contributed by atoms with Gasteiger partial charge >= 0.3 is 5.97 Å². The molecule has 5 heteroatoms. The summed E-state index contributed by atoms with van der Waals surface area (Å²) in [7, 11) is 0. The summed E-state index contributed by atoms with van der Waals surface area (Å²) in [6.45, 7) is 1.45. The van der Waals surface area contributed by atoms with Crippen molar-refractivity contribution >= 4 is 11.9 Å². The number of hydrogen-bond donors (Lipinski definition) is 1. The van der Waals surface area contributed by atoms with E-state index in [9.17, 15) is 9.59 Å². The van der Waals surface area contributed by atoms with Gasteiger partial charge in [0, 0.05) is 0 Å². The van der Waals surface area contributed by atoms with Gasteiger partial charge in [-0.1, -0.05) is 60.7 Å². The summed E-state index contributed by atoms with van der Waals surface area (Å²) >= 11 is 0. The van der Waals surface area contributed by atoms with Gasteiger partial charge in [-0.05, 0) is 30.2 Å². The molecule has 5 nitrogen and oxygen atoms in total. The summed E-state index contributed by atoms with van der Waals surface area (Å²) in [6.07, 6.45) is 1.54. The highest BCUT2D eigenvalue weighted by molar-refractivity contribution is 5.85. The van der Waals surface area contributed by atoms with Crippen LogP contribution >= 0.6 is 0 Å². The number of furan rings is 1. The molecule has 0 radical (unpaired) electrons. The lowest BCUT2D eigenvalue weighted by Gasteiger charge is -2.17. The largest absolute Gasteiger partial charge is 0.467 e. The standard InChI is InChI=1S/C22H21NO4/c1-16(19-13-8-14-26-19)23-20(24)15-27-22(25)21(17-9-4-2-5-10-17)18-11-6-3-7-12-18/h2-14,16,21H,15H2,1H3,(H,23,24)/t16-/m0/s1. The lowest BCUT2D eigenvalue weighted by atomic mass is 9.91. The first-order valence-electron chi connectivity index (χ1n) is 8.74. The highest BCUT2D eigenvalue weighted by Gasteiger charge is 2.25. The fourth-order valence-electron chi connectivity index (χ4n) is 2.87. The first-order chi connectivity index (χ1) is 13.1. The Balaban J connectivity index is 1.65. The van der Waals surface area contributed by atoms with Crippen molar-refractivity contribution in [2.24, 2.45) is 0 Å². The number of amides is 1. The highest BCUT2D eigenvalue weighted by Crippen LogP contribution is 2.25. The van der Waals surface area contributed by atoms with Gasteiger partial charge in [-0.15, -0.1) is 0 Å². The second kappa shape index (κ2) is 8.85. The minimum atomic E-state index is -0.581. The molecule has 1 amide bonds. The van der Waals surface area contributed by atoms with Crippen molar-refractivity contribution in [3.8, 4) is 0 Å². The average Bonchev–Trinajstić information content (AvgIpc) is 3.23. The molecule has 0 saturated carbocycles. The molecule has 1 aromatic heterocycles. The van der Waals surface area contributed by atoms with Gasteiger partial charge in [0.25, 0.3) is 5.91 Å². The summed E-state index contributed by atoms with van der Waals surface area (Å²) in [6, 6.07) is 22.0. The predicted octanol–water partition coefficient (Wildman–Crippen LogP) is 3.83. The molecule has 2 aromatic carbocycles. The number of carbonyl (C=O) groups excluding carboxylic acids is 2. The zero-order valence-corrected chi connectivity index (χ0v) is 15.0. The molecule has 0 spiro atoms. The van der Waals surface area contributed by atoms with Crippen LogP contribution in [0.1, 0.15) is 35.8 Å². The van der Waals surface area contributed by atoms with Crippen LogP contribution in [0.5, 0.6) is 0 Å². The molecule has 1 heterocycles. The third-order valence-corrected chi connectivity index (χ3v) is 4.19. The molecule has 0 aliphatic rings. The first-order valence-corrected chi connectivity index (χ1v) is 8.74. The maximum absolute atomic E-state index is 12.7. The van der Waals surface area contributed by atoms with E-state index in [1.807, 2.05) is 60.7 Å². The van der Waals surface area contributed by atoms with Crippen LogP contribution in [0, 0.1) is 0 Å². The van der Waals surface area contributed by atoms with Crippen molar-refractivity contribution in [1.82, 2.24) is 5.32 Å². The lowest BCUT2D eigenvalue weighted by molar-refractivity contribution is -0.149. The predicted molar refractivity (Wildman–Crippen MR) is 101 cm³/mol. The molecular weight excluding hydrogens is 342 g/mol. The van der Waals surface area contributed by atoms with Gasteiger partial charge in [0.15, 0.2) is 6.61 Å². The Bertz CT molecular complexity index is 820. The maximum atomic E-state index is 12.7. The summed E-state index contributed by atoms with van der Waals surface area (Å²) in [5.74, 6) is -0.788. The van der Waals surface area contributed by atoms with E-state index in [2.05, 4.69) is 5.32 Å². The molecule has 0 saturated heterocycles. The molecule has 0 aliphatic carbocycles. The van der Waals surface area contributed by atoms with Crippen molar-refractivity contribution in [2.45, 2.75) is 18.9 Å². The van der Waals surface area contributed by atoms with Crippen LogP contribution in [0.15, 0.2) is 83.5 Å². The van der Waals surface area contributed by atoms with E-state index in [-0.39, 0.29) is 18.6 Å². The lowest BCUT2D eigenvalue weighted by Crippen LogP contribution is -2.32. The van der Waals surface area contributed by atoms with Gasteiger partial charge < -0.3 is 14.5 Å². The Labute approximate surface area is 158 Å². The number of nitrogens with one attached hydrogen (secondary N) is 1. The zero-order valence-electron chi connectivity index (χ0n) is 15.0. The van der Waals surface area contributed by atoms with Gasteiger partial charge in [-0.3, -0.25) is 9.59 Å². The molecule has 3 rings (SSSR count). The van der Waals surface area contributed by atoms with Crippen LogP contribution in [0.3, 0.4) is 0 Å². The molecular formula is C22H21NO4. The summed E-state index contributed by atoms with van der Waals surface area (Å²) in [4.78, 5) is 24.9. The first kappa shape index (κ1) is 18.5. The van der Waals surface area contributed by atoms with E-state index in [0.29, 0.717) is 5.76 Å². The van der Waals surface area contributed by atoms with Crippen molar-refractivity contribution in [3.63, 3.8) is 0 Å². The number of rotatable bonds is 7. The normalized spacial score (nSPS) is 11.8. The summed E-state index contributed by atoms with van der Waals surface area (Å²) < 4.78 is 10.6. The molecule has 0 bridgehead atoms. The van der Waals surface area contributed by atoms with Crippen LogP contribution in [-0.2, 0) is 14.3 Å². The van der Waals surface area contributed by atoms with Crippen molar-refractivity contribution in [1.29, 1.82) is 0 Å². The van der Waals surface area contributed by atoms with Crippen molar-refractivity contribution in [3.05, 3.63) is 95.9 Å². The van der Waals surface area contributed by atoms with E-state index in [4.69, 9.17) is 9.15 Å². The van der Waals surface area contributed by atoms with Gasteiger partial charge in [-0.25, -0.2) is 0 Å². The number of hydrogen-bond acceptors (Lipinski definition) is 4. The van der Waals surface area contributed by atoms with Gasteiger partial charge in [0.1, 0.15) is 11.7 Å². The number of esters is 1. The van der Waals surface area contributed by atoms with Crippen LogP contribution < -0.4 is 5.32 Å². The molecule has 0 unspecified atom stereocenters. The van der Waals surface area contributed by atoms with E-state index in [1.54, 1.807) is 25.3 Å². The fourth-order valence-corrected chi connectivity index (χ4v) is 2.87. The van der Waals surface area contributed by atoms with E-state index in [0.717, 1.165) is 11.1 Å². The molecule has 1 atom stereocenters. The van der Waals surface area contributed by atoms with E-state index < -0.39 is 11.9 Å². The quantitative estimate of drug-likeness (QED) is 0.648. The van der Waals surface area contributed by atoms with Gasteiger partial charge in [0.2, 0.25) is 0 Å². The van der Waals surface area contributed by atoms with Crippen molar-refractivity contribution < 1.29 is 18.7 Å². The average molecular weight is 363 g/mol. The maximum Gasteiger partial charge on any atom is 0.318 e. The molecule has 0 fully saturated rings. The molecule has 3 aromatic rings. The summed E-state index contributed by atoms with van der Waals surface area (Å²) in [5, 5.41) is 2.75. The fraction of sp³-hybridized carbons (Fsp3) is 0.182. The second-order valence-electron chi connectivity index (χ2n) is 6.17. The summed E-state index contributed by atoms with van der Waals surface area (Å²) in [5.41, 5.74) is 1.64. The highest BCUT2D eigenvalue weighted by atomic mass is 16.5. The Morgan fingerprint density at radius 3 is 2.04 bits per heavy atom. The van der Waals surface area contributed by atoms with Crippen LogP contribution in [-0.4, -0.2) is 18.5 Å². The Morgan fingerprint density at radius 1 is 0.926 bits per heavy atom. The Morgan fingerprint density at radius 2 is 1.52 bits per heavy atom. The third kappa shape index (κ3) is 4.85. The second-order valence-corrected chi connectivity index (χ2v) is 6.17. The SMILES string of the molecule is C[C@H](NC(=O)COC(=O)C(c1ccccc1)c1ccccc1)c1ccco1. The zero-order chi connectivity index (χ0) is 19.1. The number of carbonyl (C=O) groups is 2. The number of ether oxygens (including phenoxy) is 1. The topological polar surface area (TPSA) is 68.5 Å². The van der Waals surface area contributed by atoms with Gasteiger partial charge in [-0.2, -0.15) is 0 Å². The number of benzene rings is 2. The minimum Gasteiger partial charge on any atom is -0.467 e. The third-order valence-electron chi connectivity index (χ3n) is 4.19. The van der Waals surface area contributed by atoms with Crippen LogP contribution in [0.2, 0.25) is 0 Å². The van der Waals surface area contributed by atoms with E-state index >= 15 is 0 Å². The van der Waals surface area contributed by atoms with Crippen LogP contribution in [0.4, 0.5) is 0 Å². The molecule has 0 aliphatic heterocycles. The molecule has 27 heavy (non-hydrogen) atoms. The van der Waals surface area contributed by atoms with Crippen LogP contribution in [0.25, 0.3) is 0 Å². The minimum absolute atomic E-state index is 0.301. The molecule has 1 N–H and O–H groups in total. The van der Waals surface area contributed by atoms with Gasteiger partial charge in [0.05, 0.1) is 12.3 Å². The Hall–Kier alpha value is -3.34. The van der Waals surface area contributed by atoms with Crippen molar-refractivity contribution in [2.75, 3.05) is 6.61 Å².